The van der Waals surface area contributed by atoms with Gasteiger partial charge >= 0.3 is 0 Å². The van der Waals surface area contributed by atoms with E-state index in [2.05, 4.69) is 26.4 Å². The van der Waals surface area contributed by atoms with Crippen LogP contribution in [0.4, 0.5) is 0 Å². The van der Waals surface area contributed by atoms with Gasteiger partial charge in [-0.25, -0.2) is 0 Å². The number of nitrogens with one attached hydrogen (secondary N) is 1. The first-order valence-corrected chi connectivity index (χ1v) is 11.0. The van der Waals surface area contributed by atoms with Crippen molar-refractivity contribution >= 4 is 11.5 Å². The monoisotopic (exact) mass is 401 g/mol. The molecule has 0 spiro atoms. The highest BCUT2D eigenvalue weighted by Crippen LogP contribution is 2.28. The van der Waals surface area contributed by atoms with Crippen molar-refractivity contribution in [3.63, 3.8) is 0 Å². The Morgan fingerprint density at radius 1 is 1.13 bits per heavy atom. The molecule has 1 fully saturated rings. The average Bonchev–Trinajstić information content (AvgIpc) is 3.53. The predicted molar refractivity (Wildman–Crippen MR) is 116 cm³/mol. The topological polar surface area (TPSA) is 75.9 Å². The number of aromatic nitrogens is 4. The summed E-state index contributed by atoms with van der Waals surface area (Å²) in [5.41, 5.74) is 5.74. The van der Waals surface area contributed by atoms with Gasteiger partial charge in [0, 0.05) is 36.5 Å². The number of hydrogen-bond acceptors (Lipinski definition) is 4. The number of aryl methyl sites for hydroxylation is 1. The molecular formula is C24H27N5O. The van der Waals surface area contributed by atoms with Crippen molar-refractivity contribution in [2.24, 2.45) is 10.9 Å². The molecule has 2 aromatic heterocycles. The smallest absolute Gasteiger partial charge is 0.185 e. The molecule has 2 aliphatic rings. The van der Waals surface area contributed by atoms with Gasteiger partial charge in [-0.1, -0.05) is 44.2 Å². The zero-order valence-electron chi connectivity index (χ0n) is 17.2. The van der Waals surface area contributed by atoms with Crippen LogP contribution in [-0.4, -0.2) is 31.5 Å². The van der Waals surface area contributed by atoms with Gasteiger partial charge in [0.2, 0.25) is 0 Å². The summed E-state index contributed by atoms with van der Waals surface area (Å²) in [4.78, 5) is 17.5. The molecule has 0 saturated heterocycles. The molecule has 30 heavy (non-hydrogen) atoms. The lowest BCUT2D eigenvalue weighted by molar-refractivity contribution is -0.112. The highest BCUT2D eigenvalue weighted by Gasteiger charge is 2.23. The van der Waals surface area contributed by atoms with E-state index in [1.165, 1.54) is 38.5 Å². The first-order valence-electron chi connectivity index (χ1n) is 11.0. The molecule has 6 heteroatoms. The molecular weight excluding hydrogens is 374 g/mol. The van der Waals surface area contributed by atoms with Crippen molar-refractivity contribution in [1.82, 2.24) is 20.0 Å². The van der Waals surface area contributed by atoms with Gasteiger partial charge in [0.1, 0.15) is 5.71 Å². The van der Waals surface area contributed by atoms with Crippen LogP contribution < -0.4 is 0 Å². The standard InChI is InChI=1S/C24H27N5O/c30-23(10-18-12-28-29(16-18)9-8-17-4-2-1-3-5-17)24-22-7-6-19(11-20(22)13-25-24)21-14-26-27-15-21/h6-7,11-12,14-17H,1-5,8-10,13H2,(H,26,27). The fourth-order valence-electron chi connectivity index (χ4n) is 4.71. The molecule has 0 amide bonds. The van der Waals surface area contributed by atoms with Crippen LogP contribution in [0.1, 0.15) is 55.2 Å². The molecule has 0 radical (unpaired) electrons. The molecule has 1 saturated carbocycles. The first-order chi connectivity index (χ1) is 14.8. The quantitative estimate of drug-likeness (QED) is 0.639. The van der Waals surface area contributed by atoms with Crippen LogP contribution in [0, 0.1) is 5.92 Å². The molecule has 0 unspecified atom stereocenters. The number of carbonyl (C=O) groups is 1. The predicted octanol–water partition coefficient (Wildman–Crippen LogP) is 4.36. The summed E-state index contributed by atoms with van der Waals surface area (Å²) < 4.78 is 2.00. The summed E-state index contributed by atoms with van der Waals surface area (Å²) in [6, 6.07) is 6.14. The second kappa shape index (κ2) is 8.38. The number of rotatable bonds is 7. The van der Waals surface area contributed by atoms with Gasteiger partial charge in [-0.05, 0) is 35.1 Å². The third-order valence-electron chi connectivity index (χ3n) is 6.41. The van der Waals surface area contributed by atoms with Crippen LogP contribution in [0.5, 0.6) is 0 Å². The van der Waals surface area contributed by atoms with Crippen molar-refractivity contribution in [3.05, 3.63) is 59.7 Å². The number of benzene rings is 1. The minimum atomic E-state index is 0.0663. The number of H-pyrrole nitrogens is 1. The molecule has 154 valence electrons. The molecule has 1 aliphatic carbocycles. The Morgan fingerprint density at radius 3 is 2.87 bits per heavy atom. The Hall–Kier alpha value is -3.02. The lowest BCUT2D eigenvalue weighted by Gasteiger charge is -2.21. The molecule has 0 bridgehead atoms. The molecule has 5 rings (SSSR count). The second-order valence-corrected chi connectivity index (χ2v) is 8.53. The Balaban J connectivity index is 1.21. The van der Waals surface area contributed by atoms with Crippen LogP contribution in [0.3, 0.4) is 0 Å². The van der Waals surface area contributed by atoms with Gasteiger partial charge in [0.15, 0.2) is 5.78 Å². The van der Waals surface area contributed by atoms with Crippen molar-refractivity contribution < 1.29 is 4.79 Å². The van der Waals surface area contributed by atoms with Crippen molar-refractivity contribution in [3.8, 4) is 11.1 Å². The number of aliphatic imine (C=N–C) groups is 1. The van der Waals surface area contributed by atoms with E-state index in [1.807, 2.05) is 35.4 Å². The Labute approximate surface area is 176 Å². The Morgan fingerprint density at radius 2 is 2.03 bits per heavy atom. The summed E-state index contributed by atoms with van der Waals surface area (Å²) in [6.07, 6.45) is 15.9. The Kier molecular flexibility index (Phi) is 5.30. The summed E-state index contributed by atoms with van der Waals surface area (Å²) in [5, 5.41) is 11.3. The van der Waals surface area contributed by atoms with Gasteiger partial charge in [-0.15, -0.1) is 0 Å². The summed E-state index contributed by atoms with van der Waals surface area (Å²) in [6.45, 7) is 1.50. The number of ketones is 1. The lowest BCUT2D eigenvalue weighted by atomic mass is 9.87. The van der Waals surface area contributed by atoms with Crippen LogP contribution >= 0.6 is 0 Å². The number of nitrogens with zero attached hydrogens (tertiary/aromatic N) is 4. The van der Waals surface area contributed by atoms with Crippen LogP contribution in [-0.2, 0) is 24.3 Å². The molecule has 0 atom stereocenters. The fourth-order valence-corrected chi connectivity index (χ4v) is 4.71. The van der Waals surface area contributed by atoms with E-state index < -0.39 is 0 Å². The molecule has 3 aromatic rings. The van der Waals surface area contributed by atoms with Crippen molar-refractivity contribution in [2.75, 3.05) is 0 Å². The molecule has 1 aliphatic heterocycles. The third kappa shape index (κ3) is 3.99. The van der Waals surface area contributed by atoms with E-state index in [0.717, 1.165) is 40.3 Å². The van der Waals surface area contributed by atoms with Gasteiger partial charge < -0.3 is 0 Å². The van der Waals surface area contributed by atoms with Crippen molar-refractivity contribution in [2.45, 2.75) is 58.0 Å². The number of Topliss-reactive ketones (excluding diaryl/α,β-unsaturated/α-hetero) is 1. The zero-order chi connectivity index (χ0) is 20.3. The average molecular weight is 402 g/mol. The minimum absolute atomic E-state index is 0.0663. The summed E-state index contributed by atoms with van der Waals surface area (Å²) in [5.74, 6) is 0.904. The molecule has 6 nitrogen and oxygen atoms in total. The highest BCUT2D eigenvalue weighted by atomic mass is 16.1. The Bertz CT molecular complexity index is 1060. The van der Waals surface area contributed by atoms with E-state index in [0.29, 0.717) is 18.7 Å². The fraction of sp³-hybridized carbons (Fsp3) is 0.417. The van der Waals surface area contributed by atoms with E-state index in [9.17, 15) is 4.79 Å². The van der Waals surface area contributed by atoms with Gasteiger partial charge in [-0.3, -0.25) is 19.6 Å². The zero-order valence-corrected chi connectivity index (χ0v) is 17.2. The lowest BCUT2D eigenvalue weighted by Crippen LogP contribution is -2.16. The third-order valence-corrected chi connectivity index (χ3v) is 6.41. The van der Waals surface area contributed by atoms with Crippen LogP contribution in [0.2, 0.25) is 0 Å². The van der Waals surface area contributed by atoms with Crippen LogP contribution in [0.15, 0.2) is 48.0 Å². The van der Waals surface area contributed by atoms with Gasteiger partial charge in [0.25, 0.3) is 0 Å². The first kappa shape index (κ1) is 19.0. The van der Waals surface area contributed by atoms with Gasteiger partial charge in [-0.2, -0.15) is 10.2 Å². The molecule has 1 aromatic carbocycles. The summed E-state index contributed by atoms with van der Waals surface area (Å²) >= 11 is 0. The maximum Gasteiger partial charge on any atom is 0.185 e. The SMILES string of the molecule is O=C(Cc1cnn(CCC2CCCCC2)c1)C1=NCc2cc(-c3cn[nH]c3)ccc21. The normalized spacial score (nSPS) is 16.5. The minimum Gasteiger partial charge on any atom is -0.292 e. The van der Waals surface area contributed by atoms with E-state index in [-0.39, 0.29) is 5.78 Å². The van der Waals surface area contributed by atoms with Crippen LogP contribution in [0.25, 0.3) is 11.1 Å². The van der Waals surface area contributed by atoms with E-state index in [1.54, 1.807) is 6.20 Å². The van der Waals surface area contributed by atoms with Crippen molar-refractivity contribution in [1.29, 1.82) is 0 Å². The number of carbonyl (C=O) groups excluding carboxylic acids is 1. The maximum absolute atomic E-state index is 12.9. The number of hydrogen-bond donors (Lipinski definition) is 1. The van der Waals surface area contributed by atoms with Gasteiger partial charge in [0.05, 0.1) is 18.9 Å². The maximum atomic E-state index is 12.9. The second-order valence-electron chi connectivity index (χ2n) is 8.53. The molecule has 3 heterocycles. The highest BCUT2D eigenvalue weighted by molar-refractivity contribution is 6.47. The molecule has 1 N–H and O–H groups in total. The van der Waals surface area contributed by atoms with E-state index in [4.69, 9.17) is 0 Å². The summed E-state index contributed by atoms with van der Waals surface area (Å²) in [7, 11) is 0. The van der Waals surface area contributed by atoms with E-state index >= 15 is 0 Å². The number of fused-ring (bicyclic) bond motifs is 1. The number of aromatic amines is 1. The largest absolute Gasteiger partial charge is 0.292 e.